The molecule has 0 aliphatic rings. The van der Waals surface area contributed by atoms with Gasteiger partial charge in [-0.05, 0) is 30.5 Å². The highest BCUT2D eigenvalue weighted by molar-refractivity contribution is 7.11. The molecule has 1 atom stereocenters. The summed E-state index contributed by atoms with van der Waals surface area (Å²) in [6, 6.07) is 7.75. The Morgan fingerprint density at radius 3 is 2.48 bits per heavy atom. The summed E-state index contributed by atoms with van der Waals surface area (Å²) in [4.78, 5) is 24.0. The lowest BCUT2D eigenvalue weighted by atomic mass is 10.1. The number of benzene rings is 1. The lowest BCUT2D eigenvalue weighted by molar-refractivity contribution is -0.137. The molecule has 8 heteroatoms. The Labute approximate surface area is 133 Å². The first-order chi connectivity index (χ1) is 10.8. The molecule has 1 amide bonds. The maximum Gasteiger partial charge on any atom is 0.418 e. The second-order valence-electron chi connectivity index (χ2n) is 4.56. The number of para-hydroxylation sites is 1. The van der Waals surface area contributed by atoms with E-state index in [1.165, 1.54) is 25.1 Å². The summed E-state index contributed by atoms with van der Waals surface area (Å²) < 4.78 is 43.5. The monoisotopic (exact) mass is 343 g/mol. The molecule has 0 saturated carbocycles. The zero-order valence-electron chi connectivity index (χ0n) is 11.9. The zero-order chi connectivity index (χ0) is 17.0. The molecule has 1 heterocycles. The molecule has 4 nitrogen and oxygen atoms in total. The molecule has 0 aliphatic carbocycles. The molecule has 0 bridgehead atoms. The molecule has 0 spiro atoms. The number of hydrogen-bond donors (Lipinski definition) is 1. The molecular weight excluding hydrogens is 331 g/mol. The summed E-state index contributed by atoms with van der Waals surface area (Å²) in [6.07, 6.45) is -5.83. The SMILES string of the molecule is C[C@@H](OC(=O)c1cccs1)C(=O)Nc1ccccc1C(F)(F)F. The summed E-state index contributed by atoms with van der Waals surface area (Å²) in [6.45, 7) is 1.29. The second kappa shape index (κ2) is 6.82. The molecule has 0 radical (unpaired) electrons. The molecule has 2 rings (SSSR count). The van der Waals surface area contributed by atoms with E-state index >= 15 is 0 Å². The number of ether oxygens (including phenoxy) is 1. The smallest absolute Gasteiger partial charge is 0.418 e. The minimum Gasteiger partial charge on any atom is -0.448 e. The van der Waals surface area contributed by atoms with Crippen LogP contribution in [0.2, 0.25) is 0 Å². The van der Waals surface area contributed by atoms with Gasteiger partial charge in [-0.1, -0.05) is 18.2 Å². The van der Waals surface area contributed by atoms with Gasteiger partial charge in [-0.3, -0.25) is 4.79 Å². The molecule has 23 heavy (non-hydrogen) atoms. The number of esters is 1. The molecule has 0 fully saturated rings. The molecule has 2 aromatic rings. The summed E-state index contributed by atoms with van der Waals surface area (Å²) in [5.74, 6) is -1.54. The van der Waals surface area contributed by atoms with E-state index in [0.717, 1.165) is 23.5 Å². The Balaban J connectivity index is 2.06. The predicted molar refractivity (Wildman–Crippen MR) is 79.3 cm³/mol. The molecule has 122 valence electrons. The van der Waals surface area contributed by atoms with Crippen LogP contribution in [0.5, 0.6) is 0 Å². The minimum atomic E-state index is -4.60. The van der Waals surface area contributed by atoms with Gasteiger partial charge in [0.2, 0.25) is 0 Å². The Morgan fingerprint density at radius 2 is 1.87 bits per heavy atom. The van der Waals surface area contributed by atoms with Gasteiger partial charge in [0, 0.05) is 0 Å². The Morgan fingerprint density at radius 1 is 1.17 bits per heavy atom. The Kier molecular flexibility index (Phi) is 5.05. The third-order valence-corrected chi connectivity index (χ3v) is 3.72. The van der Waals surface area contributed by atoms with Crippen molar-refractivity contribution in [2.24, 2.45) is 0 Å². The van der Waals surface area contributed by atoms with Gasteiger partial charge in [-0.2, -0.15) is 13.2 Å². The van der Waals surface area contributed by atoms with Gasteiger partial charge in [-0.15, -0.1) is 11.3 Å². The van der Waals surface area contributed by atoms with Gasteiger partial charge in [0.15, 0.2) is 6.10 Å². The normalized spacial score (nSPS) is 12.5. The maximum absolute atomic E-state index is 12.9. The van der Waals surface area contributed by atoms with Crippen LogP contribution >= 0.6 is 11.3 Å². The van der Waals surface area contributed by atoms with E-state index in [-0.39, 0.29) is 5.69 Å². The van der Waals surface area contributed by atoms with E-state index in [4.69, 9.17) is 4.74 Å². The second-order valence-corrected chi connectivity index (χ2v) is 5.51. The number of carbonyl (C=O) groups is 2. The number of amides is 1. The Bertz CT molecular complexity index is 698. The summed E-state index contributed by atoms with van der Waals surface area (Å²) >= 11 is 1.14. The fourth-order valence-corrected chi connectivity index (χ4v) is 2.35. The fourth-order valence-electron chi connectivity index (χ4n) is 1.74. The first-order valence-electron chi connectivity index (χ1n) is 6.50. The van der Waals surface area contributed by atoms with E-state index in [1.807, 2.05) is 0 Å². The van der Waals surface area contributed by atoms with Crippen LogP contribution in [0.3, 0.4) is 0 Å². The average Bonchev–Trinajstić information content (AvgIpc) is 3.00. The third-order valence-electron chi connectivity index (χ3n) is 2.87. The van der Waals surface area contributed by atoms with Crippen molar-refractivity contribution >= 4 is 28.9 Å². The van der Waals surface area contributed by atoms with Gasteiger partial charge in [0.25, 0.3) is 5.91 Å². The number of nitrogens with one attached hydrogen (secondary N) is 1. The highest BCUT2D eigenvalue weighted by Crippen LogP contribution is 2.34. The highest BCUT2D eigenvalue weighted by atomic mass is 32.1. The molecule has 1 aromatic heterocycles. The molecule has 1 aromatic carbocycles. The first kappa shape index (κ1) is 17.0. The van der Waals surface area contributed by atoms with Crippen LogP contribution in [-0.2, 0) is 15.7 Å². The maximum atomic E-state index is 12.9. The van der Waals surface area contributed by atoms with Crippen LogP contribution in [0.4, 0.5) is 18.9 Å². The molecule has 1 N–H and O–H groups in total. The van der Waals surface area contributed by atoms with Crippen molar-refractivity contribution in [3.05, 3.63) is 52.2 Å². The fraction of sp³-hybridized carbons (Fsp3) is 0.200. The highest BCUT2D eigenvalue weighted by Gasteiger charge is 2.34. The number of rotatable bonds is 4. The van der Waals surface area contributed by atoms with Crippen LogP contribution in [0.1, 0.15) is 22.2 Å². The zero-order valence-corrected chi connectivity index (χ0v) is 12.7. The number of thiophene rings is 1. The molecule has 0 saturated heterocycles. The molecule has 0 unspecified atom stereocenters. The van der Waals surface area contributed by atoms with Crippen molar-refractivity contribution in [3.63, 3.8) is 0 Å². The molecule has 0 aliphatic heterocycles. The van der Waals surface area contributed by atoms with Crippen molar-refractivity contribution in [3.8, 4) is 0 Å². The lowest BCUT2D eigenvalue weighted by Gasteiger charge is -2.16. The number of hydrogen-bond acceptors (Lipinski definition) is 4. The predicted octanol–water partition coefficient (Wildman–Crippen LogP) is 3.95. The van der Waals surface area contributed by atoms with Crippen LogP contribution < -0.4 is 5.32 Å². The van der Waals surface area contributed by atoms with Crippen LogP contribution in [0, 0.1) is 0 Å². The van der Waals surface area contributed by atoms with E-state index in [9.17, 15) is 22.8 Å². The van der Waals surface area contributed by atoms with Crippen molar-refractivity contribution in [2.75, 3.05) is 5.32 Å². The molecular formula is C15H12F3NO3S. The number of alkyl halides is 3. The number of anilines is 1. The van der Waals surface area contributed by atoms with Crippen molar-refractivity contribution in [1.82, 2.24) is 0 Å². The lowest BCUT2D eigenvalue weighted by Crippen LogP contribution is -2.30. The first-order valence-corrected chi connectivity index (χ1v) is 7.38. The van der Waals surface area contributed by atoms with E-state index in [1.54, 1.807) is 11.4 Å². The van der Waals surface area contributed by atoms with Gasteiger partial charge >= 0.3 is 12.1 Å². The summed E-state index contributed by atoms with van der Waals surface area (Å²) in [5.41, 5.74) is -1.35. The topological polar surface area (TPSA) is 55.4 Å². The van der Waals surface area contributed by atoms with Crippen LogP contribution in [0.25, 0.3) is 0 Å². The van der Waals surface area contributed by atoms with E-state index in [0.29, 0.717) is 4.88 Å². The third kappa shape index (κ3) is 4.32. The van der Waals surface area contributed by atoms with Crippen molar-refractivity contribution in [1.29, 1.82) is 0 Å². The van der Waals surface area contributed by atoms with Crippen LogP contribution in [-0.4, -0.2) is 18.0 Å². The standard InChI is InChI=1S/C15H12F3NO3S/c1-9(22-14(21)12-7-4-8-23-12)13(20)19-11-6-3-2-5-10(11)15(16,17)18/h2-9H,1H3,(H,19,20)/t9-/m1/s1. The number of carbonyl (C=O) groups excluding carboxylic acids is 2. The van der Waals surface area contributed by atoms with Crippen molar-refractivity contribution in [2.45, 2.75) is 19.2 Å². The van der Waals surface area contributed by atoms with Crippen molar-refractivity contribution < 1.29 is 27.5 Å². The van der Waals surface area contributed by atoms with E-state index < -0.39 is 29.7 Å². The van der Waals surface area contributed by atoms with Gasteiger partial charge in [0.05, 0.1) is 11.3 Å². The van der Waals surface area contributed by atoms with Gasteiger partial charge in [0.1, 0.15) is 4.88 Å². The summed E-state index contributed by atoms with van der Waals surface area (Å²) in [5, 5.41) is 3.80. The largest absolute Gasteiger partial charge is 0.448 e. The summed E-state index contributed by atoms with van der Waals surface area (Å²) in [7, 11) is 0. The average molecular weight is 343 g/mol. The number of halogens is 3. The quantitative estimate of drug-likeness (QED) is 0.855. The minimum absolute atomic E-state index is 0.306. The van der Waals surface area contributed by atoms with Gasteiger partial charge in [-0.25, -0.2) is 4.79 Å². The van der Waals surface area contributed by atoms with E-state index in [2.05, 4.69) is 5.32 Å². The Hall–Kier alpha value is -2.35. The van der Waals surface area contributed by atoms with Gasteiger partial charge < -0.3 is 10.1 Å². The van der Waals surface area contributed by atoms with Crippen LogP contribution in [0.15, 0.2) is 41.8 Å².